The largest absolute Gasteiger partial charge is 0.348 e. The van der Waals surface area contributed by atoms with E-state index in [1.807, 2.05) is 17.9 Å². The van der Waals surface area contributed by atoms with E-state index in [1.54, 1.807) is 11.8 Å². The number of rotatable bonds is 2. The average Bonchev–Trinajstić information content (AvgIpc) is 3.00. The van der Waals surface area contributed by atoms with Crippen molar-refractivity contribution in [2.45, 2.75) is 31.3 Å². The SMILES string of the molecule is Cn1ncc2c1CCCC2NC(=O)C1CSCN1. The fourth-order valence-corrected chi connectivity index (χ4v) is 3.63. The highest BCUT2D eigenvalue weighted by molar-refractivity contribution is 7.99. The third kappa shape index (κ3) is 2.14. The maximum atomic E-state index is 12.1. The third-order valence-electron chi connectivity index (χ3n) is 3.72. The summed E-state index contributed by atoms with van der Waals surface area (Å²) in [5.41, 5.74) is 2.46. The molecule has 5 nitrogen and oxygen atoms in total. The fourth-order valence-electron chi connectivity index (χ4n) is 2.69. The van der Waals surface area contributed by atoms with Crippen LogP contribution in [0.2, 0.25) is 0 Å². The van der Waals surface area contributed by atoms with Gasteiger partial charge in [-0.25, -0.2) is 0 Å². The number of nitrogens with one attached hydrogen (secondary N) is 2. The van der Waals surface area contributed by atoms with Gasteiger partial charge in [0, 0.05) is 29.9 Å². The van der Waals surface area contributed by atoms with Crippen LogP contribution in [0.15, 0.2) is 6.20 Å². The summed E-state index contributed by atoms with van der Waals surface area (Å²) in [5, 5.41) is 10.7. The molecule has 0 spiro atoms. The maximum Gasteiger partial charge on any atom is 0.238 e. The molecule has 0 aromatic carbocycles. The second-order valence-corrected chi connectivity index (χ2v) is 5.93. The van der Waals surface area contributed by atoms with Crippen molar-refractivity contribution in [2.75, 3.05) is 11.6 Å². The Labute approximate surface area is 111 Å². The van der Waals surface area contributed by atoms with Crippen LogP contribution in [0.3, 0.4) is 0 Å². The number of hydrogen-bond acceptors (Lipinski definition) is 4. The van der Waals surface area contributed by atoms with E-state index in [4.69, 9.17) is 0 Å². The Hall–Kier alpha value is -1.01. The number of carbonyl (C=O) groups excluding carboxylic acids is 1. The first-order valence-electron chi connectivity index (χ1n) is 6.38. The van der Waals surface area contributed by atoms with Gasteiger partial charge in [-0.3, -0.25) is 14.8 Å². The van der Waals surface area contributed by atoms with Gasteiger partial charge in [-0.1, -0.05) is 0 Å². The molecule has 1 fully saturated rings. The van der Waals surface area contributed by atoms with E-state index in [9.17, 15) is 4.79 Å². The summed E-state index contributed by atoms with van der Waals surface area (Å²) in [6.07, 6.45) is 5.10. The molecular weight excluding hydrogens is 248 g/mol. The van der Waals surface area contributed by atoms with Crippen molar-refractivity contribution in [3.05, 3.63) is 17.5 Å². The molecule has 0 radical (unpaired) electrons. The highest BCUT2D eigenvalue weighted by Crippen LogP contribution is 2.29. The van der Waals surface area contributed by atoms with E-state index in [1.165, 1.54) is 11.3 Å². The fraction of sp³-hybridized carbons (Fsp3) is 0.667. The molecule has 1 amide bonds. The molecule has 2 N–H and O–H groups in total. The summed E-state index contributed by atoms with van der Waals surface area (Å²) in [5.74, 6) is 1.88. The molecule has 0 bridgehead atoms. The number of thioether (sulfide) groups is 1. The summed E-state index contributed by atoms with van der Waals surface area (Å²) in [6.45, 7) is 0. The zero-order valence-electron chi connectivity index (χ0n) is 10.5. The van der Waals surface area contributed by atoms with Crippen molar-refractivity contribution < 1.29 is 4.79 Å². The summed E-state index contributed by atoms with van der Waals surface area (Å²) in [4.78, 5) is 12.1. The first kappa shape index (κ1) is 12.0. The molecule has 18 heavy (non-hydrogen) atoms. The predicted octanol–water partition coefficient (Wildman–Crippen LogP) is 0.576. The van der Waals surface area contributed by atoms with E-state index in [2.05, 4.69) is 15.7 Å². The van der Waals surface area contributed by atoms with Gasteiger partial charge in [-0.05, 0) is 19.3 Å². The first-order chi connectivity index (χ1) is 8.75. The van der Waals surface area contributed by atoms with Crippen molar-refractivity contribution in [3.8, 4) is 0 Å². The molecule has 2 atom stereocenters. The van der Waals surface area contributed by atoms with Crippen LogP contribution in [0.25, 0.3) is 0 Å². The quantitative estimate of drug-likeness (QED) is 0.822. The normalized spacial score (nSPS) is 26.9. The lowest BCUT2D eigenvalue weighted by Gasteiger charge is -2.25. The minimum Gasteiger partial charge on any atom is -0.348 e. The van der Waals surface area contributed by atoms with Crippen LogP contribution >= 0.6 is 11.8 Å². The van der Waals surface area contributed by atoms with Crippen molar-refractivity contribution in [2.24, 2.45) is 7.05 Å². The molecule has 1 aliphatic heterocycles. The molecule has 3 rings (SSSR count). The lowest BCUT2D eigenvalue weighted by molar-refractivity contribution is -0.123. The van der Waals surface area contributed by atoms with Gasteiger partial charge in [0.2, 0.25) is 5.91 Å². The minimum atomic E-state index is -0.0305. The lowest BCUT2D eigenvalue weighted by Crippen LogP contribution is -2.44. The van der Waals surface area contributed by atoms with E-state index >= 15 is 0 Å². The Balaban J connectivity index is 1.72. The van der Waals surface area contributed by atoms with Gasteiger partial charge in [-0.2, -0.15) is 5.10 Å². The van der Waals surface area contributed by atoms with Crippen LogP contribution in [0.1, 0.15) is 30.1 Å². The standard InChI is InChI=1S/C12H18N4OS/c1-16-11-4-2-3-9(8(11)5-14-16)15-12(17)10-6-18-7-13-10/h5,9-10,13H,2-4,6-7H2,1H3,(H,15,17). The Bertz CT molecular complexity index is 453. The van der Waals surface area contributed by atoms with Crippen LogP contribution in [0.4, 0.5) is 0 Å². The number of fused-ring (bicyclic) bond motifs is 1. The van der Waals surface area contributed by atoms with E-state index in [0.29, 0.717) is 0 Å². The molecule has 1 aliphatic carbocycles. The molecule has 1 aromatic rings. The van der Waals surface area contributed by atoms with Crippen LogP contribution in [0.5, 0.6) is 0 Å². The number of nitrogens with zero attached hydrogens (tertiary/aromatic N) is 2. The molecule has 98 valence electrons. The Kier molecular flexibility index (Phi) is 3.30. The monoisotopic (exact) mass is 266 g/mol. The summed E-state index contributed by atoms with van der Waals surface area (Å²) < 4.78 is 1.93. The Morgan fingerprint density at radius 1 is 1.67 bits per heavy atom. The summed E-state index contributed by atoms with van der Waals surface area (Å²) in [7, 11) is 1.97. The smallest absolute Gasteiger partial charge is 0.238 e. The van der Waals surface area contributed by atoms with Gasteiger partial charge in [0.25, 0.3) is 0 Å². The predicted molar refractivity (Wildman–Crippen MR) is 71.3 cm³/mol. The van der Waals surface area contributed by atoms with Crippen molar-refractivity contribution in [3.63, 3.8) is 0 Å². The molecule has 2 heterocycles. The van der Waals surface area contributed by atoms with Gasteiger partial charge >= 0.3 is 0 Å². The second-order valence-electron chi connectivity index (χ2n) is 4.90. The van der Waals surface area contributed by atoms with Crippen molar-refractivity contribution in [1.29, 1.82) is 0 Å². The highest BCUT2D eigenvalue weighted by atomic mass is 32.2. The number of aromatic nitrogens is 2. The number of hydrogen-bond donors (Lipinski definition) is 2. The Morgan fingerprint density at radius 3 is 3.33 bits per heavy atom. The van der Waals surface area contributed by atoms with E-state index in [0.717, 1.165) is 30.9 Å². The van der Waals surface area contributed by atoms with E-state index < -0.39 is 0 Å². The molecule has 1 saturated heterocycles. The second kappa shape index (κ2) is 4.93. The zero-order chi connectivity index (χ0) is 12.5. The summed E-state index contributed by atoms with van der Waals surface area (Å²) in [6, 6.07) is 0.111. The van der Waals surface area contributed by atoms with Crippen LogP contribution < -0.4 is 10.6 Å². The molecular formula is C12H18N4OS. The minimum absolute atomic E-state index is 0.0305. The van der Waals surface area contributed by atoms with Gasteiger partial charge in [-0.15, -0.1) is 11.8 Å². The lowest BCUT2D eigenvalue weighted by atomic mass is 9.93. The summed E-state index contributed by atoms with van der Waals surface area (Å²) >= 11 is 1.77. The van der Waals surface area contributed by atoms with E-state index in [-0.39, 0.29) is 18.0 Å². The van der Waals surface area contributed by atoms with Gasteiger partial charge < -0.3 is 5.32 Å². The highest BCUT2D eigenvalue weighted by Gasteiger charge is 2.28. The zero-order valence-corrected chi connectivity index (χ0v) is 11.3. The molecule has 2 unspecified atom stereocenters. The van der Waals surface area contributed by atoms with Crippen molar-refractivity contribution >= 4 is 17.7 Å². The van der Waals surface area contributed by atoms with Crippen LogP contribution in [-0.4, -0.2) is 33.4 Å². The molecule has 0 saturated carbocycles. The topological polar surface area (TPSA) is 59.0 Å². The third-order valence-corrected chi connectivity index (χ3v) is 4.66. The molecule has 2 aliphatic rings. The van der Waals surface area contributed by atoms with Crippen LogP contribution in [-0.2, 0) is 18.3 Å². The van der Waals surface area contributed by atoms with Gasteiger partial charge in [0.1, 0.15) is 0 Å². The van der Waals surface area contributed by atoms with Gasteiger partial charge in [0.05, 0.1) is 18.3 Å². The average molecular weight is 266 g/mol. The number of aryl methyl sites for hydroxylation is 1. The number of amides is 1. The van der Waals surface area contributed by atoms with Crippen molar-refractivity contribution in [1.82, 2.24) is 20.4 Å². The molecule has 1 aromatic heterocycles. The number of carbonyl (C=O) groups is 1. The molecule has 6 heteroatoms. The van der Waals surface area contributed by atoms with Gasteiger partial charge in [0.15, 0.2) is 0 Å². The Morgan fingerprint density at radius 2 is 2.56 bits per heavy atom. The first-order valence-corrected chi connectivity index (χ1v) is 7.53. The maximum absolute atomic E-state index is 12.1. The van der Waals surface area contributed by atoms with Crippen LogP contribution in [0, 0.1) is 0 Å².